The Morgan fingerprint density at radius 3 is 2.60 bits per heavy atom. The van der Waals surface area contributed by atoms with E-state index in [0.29, 0.717) is 6.54 Å². The van der Waals surface area contributed by atoms with Gasteiger partial charge in [0.15, 0.2) is 5.96 Å². The zero-order valence-electron chi connectivity index (χ0n) is 15.1. The van der Waals surface area contributed by atoms with Gasteiger partial charge in [-0.25, -0.2) is 14.4 Å². The molecule has 0 aliphatic carbocycles. The summed E-state index contributed by atoms with van der Waals surface area (Å²) in [5.41, 5.74) is 3.18. The Balaban J connectivity index is 0.00000312. The Morgan fingerprint density at radius 1 is 1.24 bits per heavy atom. The van der Waals surface area contributed by atoms with E-state index in [2.05, 4.69) is 20.6 Å². The first-order valence-electron chi connectivity index (χ1n) is 8.19. The fourth-order valence-electron chi connectivity index (χ4n) is 2.47. The zero-order valence-corrected chi connectivity index (χ0v) is 18.3. The number of aromatic nitrogens is 1. The molecule has 0 fully saturated rings. The molecule has 2 aromatic rings. The molecule has 2 rings (SSSR count). The van der Waals surface area contributed by atoms with E-state index in [0.717, 1.165) is 47.3 Å². The second-order valence-electron chi connectivity index (χ2n) is 5.68. The van der Waals surface area contributed by atoms with Crippen LogP contribution >= 0.6 is 35.3 Å². The molecule has 0 aliphatic rings. The number of aryl methyl sites for hydroxylation is 3. The van der Waals surface area contributed by atoms with Gasteiger partial charge >= 0.3 is 0 Å². The van der Waals surface area contributed by atoms with Gasteiger partial charge in [-0.2, -0.15) is 0 Å². The van der Waals surface area contributed by atoms with Crippen LogP contribution in [0, 0.1) is 26.6 Å². The Labute approximate surface area is 170 Å². The van der Waals surface area contributed by atoms with E-state index >= 15 is 0 Å². The topological polar surface area (TPSA) is 49.3 Å². The van der Waals surface area contributed by atoms with Crippen LogP contribution in [-0.4, -0.2) is 24.0 Å². The number of nitrogens with one attached hydrogen (secondary N) is 2. The van der Waals surface area contributed by atoms with Gasteiger partial charge in [-0.15, -0.1) is 35.3 Å². The van der Waals surface area contributed by atoms with Gasteiger partial charge in [-0.1, -0.05) is 6.07 Å². The molecule has 0 atom stereocenters. The fourth-order valence-corrected chi connectivity index (χ4v) is 3.33. The number of halogens is 2. The van der Waals surface area contributed by atoms with E-state index in [1.54, 1.807) is 17.4 Å². The van der Waals surface area contributed by atoms with E-state index in [-0.39, 0.29) is 29.8 Å². The Kier molecular flexibility index (Phi) is 9.34. The van der Waals surface area contributed by atoms with Crippen molar-refractivity contribution in [2.75, 3.05) is 13.1 Å². The average Bonchev–Trinajstić information content (AvgIpc) is 2.84. The monoisotopic (exact) mass is 476 g/mol. The third kappa shape index (κ3) is 6.89. The SMILES string of the molecule is CCNC(=NCc1sc(C)nc1C)NCCc1ccc(F)cc1C.I. The Morgan fingerprint density at radius 2 is 2.00 bits per heavy atom. The van der Waals surface area contributed by atoms with Gasteiger partial charge in [0.1, 0.15) is 5.82 Å². The molecule has 1 heterocycles. The lowest BCUT2D eigenvalue weighted by Gasteiger charge is -2.12. The van der Waals surface area contributed by atoms with Gasteiger partial charge < -0.3 is 10.6 Å². The van der Waals surface area contributed by atoms with Crippen LogP contribution in [0.1, 0.15) is 33.6 Å². The molecule has 138 valence electrons. The van der Waals surface area contributed by atoms with Crippen molar-refractivity contribution in [2.45, 2.75) is 40.7 Å². The molecule has 0 saturated carbocycles. The van der Waals surface area contributed by atoms with Crippen LogP contribution < -0.4 is 10.6 Å². The first-order chi connectivity index (χ1) is 11.5. The minimum atomic E-state index is -0.186. The highest BCUT2D eigenvalue weighted by atomic mass is 127. The second kappa shape index (κ2) is 10.7. The smallest absolute Gasteiger partial charge is 0.191 e. The number of hydrogen-bond acceptors (Lipinski definition) is 3. The number of guanidine groups is 1. The summed E-state index contributed by atoms with van der Waals surface area (Å²) >= 11 is 1.69. The Hall–Kier alpha value is -1.22. The third-order valence-corrected chi connectivity index (χ3v) is 4.77. The molecule has 0 saturated heterocycles. The molecular formula is C18H26FIN4S. The maximum atomic E-state index is 13.1. The van der Waals surface area contributed by atoms with Gasteiger partial charge in [-0.05, 0) is 57.4 Å². The van der Waals surface area contributed by atoms with Crippen molar-refractivity contribution in [1.82, 2.24) is 15.6 Å². The summed E-state index contributed by atoms with van der Waals surface area (Å²) in [6, 6.07) is 4.93. The quantitative estimate of drug-likeness (QED) is 0.375. The number of aliphatic imine (C=N–C) groups is 1. The summed E-state index contributed by atoms with van der Waals surface area (Å²) in [4.78, 5) is 10.3. The van der Waals surface area contributed by atoms with Gasteiger partial charge in [-0.3, -0.25) is 0 Å². The van der Waals surface area contributed by atoms with Crippen molar-refractivity contribution in [2.24, 2.45) is 4.99 Å². The number of thiazole rings is 1. The molecule has 0 spiro atoms. The number of rotatable bonds is 6. The number of nitrogens with zero attached hydrogens (tertiary/aromatic N) is 2. The first kappa shape index (κ1) is 21.8. The summed E-state index contributed by atoms with van der Waals surface area (Å²) < 4.78 is 13.1. The summed E-state index contributed by atoms with van der Waals surface area (Å²) in [5, 5.41) is 7.66. The van der Waals surface area contributed by atoms with Crippen molar-refractivity contribution in [3.63, 3.8) is 0 Å². The maximum absolute atomic E-state index is 13.1. The highest BCUT2D eigenvalue weighted by Gasteiger charge is 2.05. The zero-order chi connectivity index (χ0) is 17.5. The van der Waals surface area contributed by atoms with Crippen molar-refractivity contribution in [3.05, 3.63) is 50.7 Å². The highest BCUT2D eigenvalue weighted by molar-refractivity contribution is 14.0. The molecule has 0 amide bonds. The molecule has 7 heteroatoms. The largest absolute Gasteiger partial charge is 0.357 e. The van der Waals surface area contributed by atoms with E-state index in [1.807, 2.05) is 33.8 Å². The van der Waals surface area contributed by atoms with Crippen molar-refractivity contribution in [1.29, 1.82) is 0 Å². The van der Waals surface area contributed by atoms with Crippen LogP contribution in [0.25, 0.3) is 0 Å². The normalized spacial score (nSPS) is 11.2. The van der Waals surface area contributed by atoms with Crippen LogP contribution in [0.4, 0.5) is 4.39 Å². The minimum Gasteiger partial charge on any atom is -0.357 e. The molecule has 1 aromatic heterocycles. The van der Waals surface area contributed by atoms with E-state index in [1.165, 1.54) is 10.9 Å². The lowest BCUT2D eigenvalue weighted by atomic mass is 10.1. The van der Waals surface area contributed by atoms with E-state index < -0.39 is 0 Å². The van der Waals surface area contributed by atoms with Crippen molar-refractivity contribution >= 4 is 41.3 Å². The van der Waals surface area contributed by atoms with E-state index in [9.17, 15) is 4.39 Å². The van der Waals surface area contributed by atoms with Crippen LogP contribution in [0.15, 0.2) is 23.2 Å². The molecule has 2 N–H and O–H groups in total. The summed E-state index contributed by atoms with van der Waals surface area (Å²) in [6.45, 7) is 10.2. The molecule has 0 aliphatic heterocycles. The number of hydrogen-bond donors (Lipinski definition) is 2. The predicted molar refractivity (Wildman–Crippen MR) is 115 cm³/mol. The van der Waals surface area contributed by atoms with E-state index in [4.69, 9.17) is 0 Å². The number of benzene rings is 1. The fraction of sp³-hybridized carbons (Fsp3) is 0.444. The average molecular weight is 476 g/mol. The molecule has 25 heavy (non-hydrogen) atoms. The summed E-state index contributed by atoms with van der Waals surface area (Å²) in [6.07, 6.45) is 0.829. The van der Waals surface area contributed by atoms with Crippen LogP contribution in [0.5, 0.6) is 0 Å². The Bertz CT molecular complexity index is 715. The molecule has 0 radical (unpaired) electrons. The standard InChI is InChI=1S/C18H25FN4S.HI/c1-5-20-18(22-11-17-13(3)23-14(4)24-17)21-9-8-15-6-7-16(19)10-12(15)2;/h6-7,10H,5,8-9,11H2,1-4H3,(H2,20,21,22);1H. The van der Waals surface area contributed by atoms with Gasteiger partial charge in [0.2, 0.25) is 0 Å². The maximum Gasteiger partial charge on any atom is 0.191 e. The molecular weight excluding hydrogens is 450 g/mol. The van der Waals surface area contributed by atoms with Crippen LogP contribution in [0.2, 0.25) is 0 Å². The minimum absolute atomic E-state index is 0. The van der Waals surface area contributed by atoms with Gasteiger partial charge in [0.25, 0.3) is 0 Å². The molecule has 0 unspecified atom stereocenters. The lowest BCUT2D eigenvalue weighted by Crippen LogP contribution is -2.38. The van der Waals surface area contributed by atoms with Gasteiger partial charge in [0, 0.05) is 18.0 Å². The van der Waals surface area contributed by atoms with Gasteiger partial charge in [0.05, 0.1) is 17.2 Å². The van der Waals surface area contributed by atoms with Crippen molar-refractivity contribution in [3.8, 4) is 0 Å². The lowest BCUT2D eigenvalue weighted by molar-refractivity contribution is 0.625. The molecule has 4 nitrogen and oxygen atoms in total. The third-order valence-electron chi connectivity index (χ3n) is 3.72. The van der Waals surface area contributed by atoms with Crippen LogP contribution in [0.3, 0.4) is 0 Å². The second-order valence-corrected chi connectivity index (χ2v) is 6.97. The van der Waals surface area contributed by atoms with Crippen molar-refractivity contribution < 1.29 is 4.39 Å². The summed E-state index contributed by atoms with van der Waals surface area (Å²) in [7, 11) is 0. The van der Waals surface area contributed by atoms with Crippen LogP contribution in [-0.2, 0) is 13.0 Å². The molecule has 0 bridgehead atoms. The molecule has 1 aromatic carbocycles. The first-order valence-corrected chi connectivity index (χ1v) is 9.01. The highest BCUT2D eigenvalue weighted by Crippen LogP contribution is 2.17. The summed E-state index contributed by atoms with van der Waals surface area (Å²) in [5.74, 6) is 0.608. The predicted octanol–water partition coefficient (Wildman–Crippen LogP) is 4.12.